The van der Waals surface area contributed by atoms with E-state index in [1.807, 2.05) is 32.0 Å². The van der Waals surface area contributed by atoms with Crippen molar-refractivity contribution in [2.24, 2.45) is 0 Å². The predicted molar refractivity (Wildman–Crippen MR) is 69.1 cm³/mol. The fourth-order valence-corrected chi connectivity index (χ4v) is 2.13. The molecule has 0 radical (unpaired) electrons. The van der Waals surface area contributed by atoms with Crippen molar-refractivity contribution in [2.45, 2.75) is 32.3 Å². The molecule has 1 unspecified atom stereocenters. The zero-order chi connectivity index (χ0) is 13.1. The molecule has 1 aliphatic heterocycles. The van der Waals surface area contributed by atoms with Crippen LogP contribution in [0.2, 0.25) is 0 Å². The van der Waals surface area contributed by atoms with Gasteiger partial charge < -0.3 is 14.8 Å². The van der Waals surface area contributed by atoms with Gasteiger partial charge in [0.25, 0.3) is 0 Å². The summed E-state index contributed by atoms with van der Waals surface area (Å²) in [7, 11) is 1.63. The summed E-state index contributed by atoms with van der Waals surface area (Å²) in [5.74, 6) is 1.81. The summed E-state index contributed by atoms with van der Waals surface area (Å²) < 4.78 is 11.0. The first-order valence-corrected chi connectivity index (χ1v) is 6.21. The van der Waals surface area contributed by atoms with Crippen molar-refractivity contribution >= 4 is 5.91 Å². The standard InChI is InChI=1S/C14H19NO3/c1-9(2)18-13-6-10(4-5-12(13)17-3)11-7-14(16)15-8-11/h4-6,9,11H,7-8H2,1-3H3,(H,15,16). The van der Waals surface area contributed by atoms with Crippen LogP contribution in [0.5, 0.6) is 11.5 Å². The highest BCUT2D eigenvalue weighted by Crippen LogP contribution is 2.33. The maximum atomic E-state index is 11.2. The fraction of sp³-hybridized carbons (Fsp3) is 0.500. The minimum atomic E-state index is 0.0949. The summed E-state index contributed by atoms with van der Waals surface area (Å²) >= 11 is 0. The van der Waals surface area contributed by atoms with Crippen molar-refractivity contribution in [3.8, 4) is 11.5 Å². The summed E-state index contributed by atoms with van der Waals surface area (Å²) in [5.41, 5.74) is 1.12. The molecule has 1 atom stereocenters. The Kier molecular flexibility index (Phi) is 3.75. The highest BCUT2D eigenvalue weighted by atomic mass is 16.5. The zero-order valence-electron chi connectivity index (χ0n) is 11.0. The lowest BCUT2D eigenvalue weighted by Crippen LogP contribution is -2.13. The van der Waals surface area contributed by atoms with Crippen LogP contribution in [-0.2, 0) is 4.79 Å². The Morgan fingerprint density at radius 3 is 2.67 bits per heavy atom. The van der Waals surface area contributed by atoms with Crippen molar-refractivity contribution in [1.29, 1.82) is 0 Å². The van der Waals surface area contributed by atoms with Crippen LogP contribution in [-0.4, -0.2) is 25.7 Å². The van der Waals surface area contributed by atoms with Gasteiger partial charge in [-0.15, -0.1) is 0 Å². The Morgan fingerprint density at radius 2 is 2.11 bits per heavy atom. The molecule has 4 heteroatoms. The Hall–Kier alpha value is -1.71. The van der Waals surface area contributed by atoms with E-state index in [4.69, 9.17) is 9.47 Å². The normalized spacial score (nSPS) is 18.9. The van der Waals surface area contributed by atoms with Crippen molar-refractivity contribution in [1.82, 2.24) is 5.32 Å². The third-order valence-electron chi connectivity index (χ3n) is 3.00. The third kappa shape index (κ3) is 2.75. The lowest BCUT2D eigenvalue weighted by atomic mass is 9.98. The van der Waals surface area contributed by atoms with Gasteiger partial charge in [-0.1, -0.05) is 6.07 Å². The second-order valence-electron chi connectivity index (χ2n) is 4.78. The molecule has 1 heterocycles. The van der Waals surface area contributed by atoms with E-state index in [1.54, 1.807) is 7.11 Å². The molecule has 1 aliphatic rings. The molecule has 1 amide bonds. The summed E-state index contributed by atoms with van der Waals surface area (Å²) in [6.07, 6.45) is 0.644. The molecule has 0 spiro atoms. The zero-order valence-corrected chi connectivity index (χ0v) is 11.0. The monoisotopic (exact) mass is 249 g/mol. The van der Waals surface area contributed by atoms with E-state index in [2.05, 4.69) is 5.32 Å². The van der Waals surface area contributed by atoms with Crippen LogP contribution in [0.15, 0.2) is 18.2 Å². The molecular weight excluding hydrogens is 230 g/mol. The van der Waals surface area contributed by atoms with E-state index >= 15 is 0 Å². The van der Waals surface area contributed by atoms with Gasteiger partial charge in [0.2, 0.25) is 5.91 Å². The summed E-state index contributed by atoms with van der Waals surface area (Å²) in [6.45, 7) is 4.66. The van der Waals surface area contributed by atoms with Gasteiger partial charge in [0.05, 0.1) is 13.2 Å². The van der Waals surface area contributed by atoms with Crippen molar-refractivity contribution in [3.05, 3.63) is 23.8 Å². The predicted octanol–water partition coefficient (Wildman–Crippen LogP) is 2.09. The molecule has 0 aromatic heterocycles. The molecule has 4 nitrogen and oxygen atoms in total. The first kappa shape index (κ1) is 12.7. The number of carbonyl (C=O) groups is 1. The maximum Gasteiger partial charge on any atom is 0.220 e. The minimum Gasteiger partial charge on any atom is -0.493 e. The van der Waals surface area contributed by atoms with Crippen LogP contribution in [0.1, 0.15) is 31.7 Å². The van der Waals surface area contributed by atoms with Crippen molar-refractivity contribution in [3.63, 3.8) is 0 Å². The summed E-state index contributed by atoms with van der Waals surface area (Å²) in [6, 6.07) is 5.87. The van der Waals surface area contributed by atoms with Crippen LogP contribution in [0, 0.1) is 0 Å². The topological polar surface area (TPSA) is 47.6 Å². The minimum absolute atomic E-state index is 0.0949. The van der Waals surface area contributed by atoms with Crippen LogP contribution >= 0.6 is 0 Å². The van der Waals surface area contributed by atoms with E-state index in [0.29, 0.717) is 13.0 Å². The van der Waals surface area contributed by atoms with Gasteiger partial charge in [-0.25, -0.2) is 0 Å². The van der Waals surface area contributed by atoms with Gasteiger partial charge in [-0.3, -0.25) is 4.79 Å². The SMILES string of the molecule is COc1ccc(C2CNC(=O)C2)cc1OC(C)C. The van der Waals surface area contributed by atoms with E-state index < -0.39 is 0 Å². The number of nitrogens with one attached hydrogen (secondary N) is 1. The maximum absolute atomic E-state index is 11.2. The number of ether oxygens (including phenoxy) is 2. The molecule has 1 fully saturated rings. The van der Waals surface area contributed by atoms with Gasteiger partial charge in [0, 0.05) is 18.9 Å². The van der Waals surface area contributed by atoms with Crippen LogP contribution in [0.3, 0.4) is 0 Å². The Balaban J connectivity index is 2.24. The molecule has 0 bridgehead atoms. The smallest absolute Gasteiger partial charge is 0.220 e. The highest BCUT2D eigenvalue weighted by molar-refractivity contribution is 5.79. The lowest BCUT2D eigenvalue weighted by molar-refractivity contribution is -0.119. The summed E-state index contributed by atoms with van der Waals surface area (Å²) in [5, 5.41) is 2.85. The van der Waals surface area contributed by atoms with Crippen LogP contribution < -0.4 is 14.8 Å². The molecule has 18 heavy (non-hydrogen) atoms. The Morgan fingerprint density at radius 1 is 1.33 bits per heavy atom. The van der Waals surface area contributed by atoms with E-state index in [-0.39, 0.29) is 17.9 Å². The highest BCUT2D eigenvalue weighted by Gasteiger charge is 2.24. The average Bonchev–Trinajstić information content (AvgIpc) is 2.75. The number of amides is 1. The molecule has 0 saturated carbocycles. The fourth-order valence-electron chi connectivity index (χ4n) is 2.13. The van der Waals surface area contributed by atoms with Gasteiger partial charge >= 0.3 is 0 Å². The molecule has 1 saturated heterocycles. The second kappa shape index (κ2) is 5.29. The number of methoxy groups -OCH3 is 1. The largest absolute Gasteiger partial charge is 0.493 e. The molecule has 0 aliphatic carbocycles. The van der Waals surface area contributed by atoms with Crippen molar-refractivity contribution in [2.75, 3.05) is 13.7 Å². The molecule has 1 N–H and O–H groups in total. The quantitative estimate of drug-likeness (QED) is 0.888. The second-order valence-corrected chi connectivity index (χ2v) is 4.78. The summed E-state index contributed by atoms with van der Waals surface area (Å²) in [4.78, 5) is 11.2. The molecule has 98 valence electrons. The number of benzene rings is 1. The molecular formula is C14H19NO3. The van der Waals surface area contributed by atoms with Gasteiger partial charge in [-0.05, 0) is 31.5 Å². The Labute approximate surface area is 107 Å². The van der Waals surface area contributed by atoms with Crippen LogP contribution in [0.4, 0.5) is 0 Å². The number of hydrogen-bond acceptors (Lipinski definition) is 3. The molecule has 1 aromatic carbocycles. The van der Waals surface area contributed by atoms with Gasteiger partial charge in [0.1, 0.15) is 0 Å². The van der Waals surface area contributed by atoms with Gasteiger partial charge in [-0.2, -0.15) is 0 Å². The number of rotatable bonds is 4. The lowest BCUT2D eigenvalue weighted by Gasteiger charge is -2.16. The molecule has 1 aromatic rings. The first-order valence-electron chi connectivity index (χ1n) is 6.21. The Bertz CT molecular complexity index is 443. The van der Waals surface area contributed by atoms with E-state index in [1.165, 1.54) is 0 Å². The first-order chi connectivity index (χ1) is 8.60. The van der Waals surface area contributed by atoms with E-state index in [0.717, 1.165) is 17.1 Å². The number of carbonyl (C=O) groups excluding carboxylic acids is 1. The third-order valence-corrected chi connectivity index (χ3v) is 3.00. The average molecular weight is 249 g/mol. The molecule has 2 rings (SSSR count). The van der Waals surface area contributed by atoms with Crippen LogP contribution in [0.25, 0.3) is 0 Å². The number of hydrogen-bond donors (Lipinski definition) is 1. The van der Waals surface area contributed by atoms with E-state index in [9.17, 15) is 4.79 Å². The van der Waals surface area contributed by atoms with Gasteiger partial charge in [0.15, 0.2) is 11.5 Å². The van der Waals surface area contributed by atoms with Crippen molar-refractivity contribution < 1.29 is 14.3 Å².